The quantitative estimate of drug-likeness (QED) is 0.756. The zero-order chi connectivity index (χ0) is 19.0. The second-order valence-electron chi connectivity index (χ2n) is 8.89. The van der Waals surface area contributed by atoms with Crippen LogP contribution in [0.3, 0.4) is 0 Å². The molecule has 27 heavy (non-hydrogen) atoms. The van der Waals surface area contributed by atoms with Crippen molar-refractivity contribution in [3.05, 3.63) is 0 Å². The minimum absolute atomic E-state index is 0.111. The number of nitrogens with zero attached hydrogens (tertiary/aromatic N) is 3. The molecule has 0 aromatic heterocycles. The highest BCUT2D eigenvalue weighted by molar-refractivity contribution is 5.74. The van der Waals surface area contributed by atoms with Crippen molar-refractivity contribution in [2.24, 2.45) is 0 Å². The number of piperidine rings is 2. The van der Waals surface area contributed by atoms with Gasteiger partial charge in [-0.3, -0.25) is 4.79 Å². The Bertz CT molecular complexity index is 543. The number of fused-ring (bicyclic) bond motifs is 2. The van der Waals surface area contributed by atoms with Gasteiger partial charge < -0.3 is 19.4 Å². The number of ether oxygens (including phenoxy) is 1. The Morgan fingerprint density at radius 3 is 2.00 bits per heavy atom. The lowest BCUT2D eigenvalue weighted by molar-refractivity contribution is -0.137. The molecule has 2 unspecified atom stereocenters. The monoisotopic (exact) mass is 377 g/mol. The first kappa shape index (κ1) is 19.0. The molecule has 6 heteroatoms. The molecule has 0 aromatic rings. The SMILES string of the molecule is CCOC(=O)N1C2CCC1CC(N1CCC(N(C(C)=O)C3CCC3)CC1)C2. The highest BCUT2D eigenvalue weighted by atomic mass is 16.6. The molecule has 0 N–H and O–H groups in total. The second kappa shape index (κ2) is 7.98. The Labute approximate surface area is 163 Å². The van der Waals surface area contributed by atoms with Gasteiger partial charge in [0.1, 0.15) is 0 Å². The maximum Gasteiger partial charge on any atom is 0.410 e. The van der Waals surface area contributed by atoms with E-state index >= 15 is 0 Å². The van der Waals surface area contributed by atoms with Crippen molar-refractivity contribution in [2.45, 2.75) is 102 Å². The van der Waals surface area contributed by atoms with Crippen LogP contribution in [-0.2, 0) is 9.53 Å². The predicted octanol–water partition coefficient (Wildman–Crippen LogP) is 3.00. The van der Waals surface area contributed by atoms with Gasteiger partial charge in [0.2, 0.25) is 5.91 Å². The van der Waals surface area contributed by atoms with Gasteiger partial charge in [0.25, 0.3) is 0 Å². The van der Waals surface area contributed by atoms with E-state index in [0.717, 1.165) is 51.6 Å². The Kier molecular flexibility index (Phi) is 5.62. The molecule has 0 radical (unpaired) electrons. The maximum absolute atomic E-state index is 12.3. The van der Waals surface area contributed by atoms with Crippen molar-refractivity contribution in [1.82, 2.24) is 14.7 Å². The van der Waals surface area contributed by atoms with Gasteiger partial charge in [-0.1, -0.05) is 0 Å². The van der Waals surface area contributed by atoms with Crippen LogP contribution in [-0.4, -0.2) is 76.6 Å². The summed E-state index contributed by atoms with van der Waals surface area (Å²) < 4.78 is 5.28. The Hall–Kier alpha value is -1.30. The molecular weight excluding hydrogens is 342 g/mol. The summed E-state index contributed by atoms with van der Waals surface area (Å²) in [4.78, 5) is 31.3. The molecule has 1 aliphatic carbocycles. The Morgan fingerprint density at radius 2 is 1.52 bits per heavy atom. The van der Waals surface area contributed by atoms with Crippen molar-refractivity contribution >= 4 is 12.0 Å². The molecule has 4 rings (SSSR count). The number of amides is 2. The summed E-state index contributed by atoms with van der Waals surface area (Å²) in [6, 6.07) is 2.23. The largest absolute Gasteiger partial charge is 0.450 e. The van der Waals surface area contributed by atoms with Gasteiger partial charge in [-0.2, -0.15) is 0 Å². The number of rotatable bonds is 4. The van der Waals surface area contributed by atoms with E-state index in [9.17, 15) is 9.59 Å². The average molecular weight is 378 g/mol. The summed E-state index contributed by atoms with van der Waals surface area (Å²) in [7, 11) is 0. The van der Waals surface area contributed by atoms with Gasteiger partial charge >= 0.3 is 6.09 Å². The maximum atomic E-state index is 12.3. The van der Waals surface area contributed by atoms with E-state index in [4.69, 9.17) is 4.74 Å². The summed E-state index contributed by atoms with van der Waals surface area (Å²) in [5, 5.41) is 0. The van der Waals surface area contributed by atoms with Gasteiger partial charge in [0, 0.05) is 50.2 Å². The minimum atomic E-state index is -0.111. The third kappa shape index (κ3) is 3.69. The molecule has 4 aliphatic rings. The van der Waals surface area contributed by atoms with Crippen LogP contribution in [0.4, 0.5) is 4.79 Å². The van der Waals surface area contributed by atoms with Crippen molar-refractivity contribution in [3.8, 4) is 0 Å². The fourth-order valence-electron chi connectivity index (χ4n) is 5.95. The summed E-state index contributed by atoms with van der Waals surface area (Å²) in [5.41, 5.74) is 0. The van der Waals surface area contributed by atoms with E-state index in [1.54, 1.807) is 6.92 Å². The van der Waals surface area contributed by atoms with E-state index in [-0.39, 0.29) is 12.0 Å². The number of likely N-dealkylation sites (tertiary alicyclic amines) is 1. The lowest BCUT2D eigenvalue weighted by Crippen LogP contribution is -2.57. The highest BCUT2D eigenvalue weighted by Crippen LogP contribution is 2.39. The smallest absolute Gasteiger partial charge is 0.410 e. The summed E-state index contributed by atoms with van der Waals surface area (Å²) in [5.74, 6) is 0.263. The molecule has 152 valence electrons. The van der Waals surface area contributed by atoms with Crippen LogP contribution in [0.25, 0.3) is 0 Å². The molecule has 2 amide bonds. The molecule has 3 aliphatic heterocycles. The minimum Gasteiger partial charge on any atom is -0.450 e. The van der Waals surface area contributed by atoms with Gasteiger partial charge in [-0.25, -0.2) is 4.79 Å². The lowest BCUT2D eigenvalue weighted by Gasteiger charge is -2.48. The van der Waals surface area contributed by atoms with Gasteiger partial charge in [-0.15, -0.1) is 0 Å². The zero-order valence-electron chi connectivity index (χ0n) is 16.9. The average Bonchev–Trinajstić information content (AvgIpc) is 2.88. The fraction of sp³-hybridized carbons (Fsp3) is 0.905. The second-order valence-corrected chi connectivity index (χ2v) is 8.89. The third-order valence-electron chi connectivity index (χ3n) is 7.43. The first-order valence-electron chi connectivity index (χ1n) is 11.1. The van der Waals surface area contributed by atoms with Crippen molar-refractivity contribution in [3.63, 3.8) is 0 Å². The highest BCUT2D eigenvalue weighted by Gasteiger charge is 2.46. The first-order chi connectivity index (χ1) is 13.1. The van der Waals surface area contributed by atoms with E-state index in [2.05, 4.69) is 9.80 Å². The summed E-state index contributed by atoms with van der Waals surface area (Å²) in [6.45, 7) is 6.26. The number of hydrogen-bond acceptors (Lipinski definition) is 4. The molecule has 2 atom stereocenters. The van der Waals surface area contributed by atoms with Crippen LogP contribution in [0.1, 0.15) is 71.6 Å². The van der Waals surface area contributed by atoms with Crippen LogP contribution in [0.2, 0.25) is 0 Å². The van der Waals surface area contributed by atoms with Gasteiger partial charge in [0.05, 0.1) is 6.61 Å². The lowest BCUT2D eigenvalue weighted by atomic mass is 9.87. The number of carbonyl (C=O) groups excluding carboxylic acids is 2. The van der Waals surface area contributed by atoms with Crippen molar-refractivity contribution in [1.29, 1.82) is 0 Å². The summed E-state index contributed by atoms with van der Waals surface area (Å²) in [6.07, 6.45) is 10.2. The van der Waals surface area contributed by atoms with Crippen LogP contribution < -0.4 is 0 Å². The van der Waals surface area contributed by atoms with Crippen LogP contribution in [0.5, 0.6) is 0 Å². The molecule has 3 heterocycles. The molecule has 3 saturated heterocycles. The number of hydrogen-bond donors (Lipinski definition) is 0. The standard InChI is InChI=1S/C21H35N3O3/c1-3-27-21(26)24-18-7-8-19(24)14-20(13-18)22-11-9-17(10-12-22)23(15(2)25)16-5-4-6-16/h16-20H,3-14H2,1-2H3. The Balaban J connectivity index is 1.32. The van der Waals surface area contributed by atoms with Gasteiger partial charge in [-0.05, 0) is 64.7 Å². The number of carbonyl (C=O) groups is 2. The molecule has 6 nitrogen and oxygen atoms in total. The van der Waals surface area contributed by atoms with E-state index in [1.165, 1.54) is 19.3 Å². The van der Waals surface area contributed by atoms with Crippen LogP contribution >= 0.6 is 0 Å². The molecular formula is C21H35N3O3. The molecule has 0 spiro atoms. The summed E-state index contributed by atoms with van der Waals surface area (Å²) >= 11 is 0. The Morgan fingerprint density at radius 1 is 0.926 bits per heavy atom. The molecule has 1 saturated carbocycles. The molecule has 4 fully saturated rings. The van der Waals surface area contributed by atoms with Crippen molar-refractivity contribution < 1.29 is 14.3 Å². The van der Waals surface area contributed by atoms with E-state index < -0.39 is 0 Å². The van der Waals surface area contributed by atoms with E-state index in [0.29, 0.717) is 36.8 Å². The molecule has 0 aromatic carbocycles. The van der Waals surface area contributed by atoms with Crippen LogP contribution in [0.15, 0.2) is 0 Å². The van der Waals surface area contributed by atoms with Gasteiger partial charge in [0.15, 0.2) is 0 Å². The van der Waals surface area contributed by atoms with Crippen LogP contribution in [0, 0.1) is 0 Å². The molecule has 2 bridgehead atoms. The van der Waals surface area contributed by atoms with Crippen molar-refractivity contribution in [2.75, 3.05) is 19.7 Å². The van der Waals surface area contributed by atoms with E-state index in [1.807, 2.05) is 11.8 Å². The third-order valence-corrected chi connectivity index (χ3v) is 7.43. The normalized spacial score (nSPS) is 32.2. The first-order valence-corrected chi connectivity index (χ1v) is 11.1. The fourth-order valence-corrected chi connectivity index (χ4v) is 5.95. The zero-order valence-corrected chi connectivity index (χ0v) is 16.9. The topological polar surface area (TPSA) is 53.1 Å². The predicted molar refractivity (Wildman–Crippen MR) is 103 cm³/mol.